The van der Waals surface area contributed by atoms with Gasteiger partial charge in [0.1, 0.15) is 0 Å². The number of nitrogens with zero attached hydrogens (tertiary/aromatic N) is 2. The summed E-state index contributed by atoms with van der Waals surface area (Å²) in [6.45, 7) is 2.63. The van der Waals surface area contributed by atoms with Crippen molar-refractivity contribution in [1.29, 1.82) is 0 Å². The topological polar surface area (TPSA) is 79.0 Å². The van der Waals surface area contributed by atoms with Crippen LogP contribution in [0.5, 0.6) is 0 Å². The first-order valence-electron chi connectivity index (χ1n) is 4.59. The van der Waals surface area contributed by atoms with Crippen LogP contribution in [0, 0.1) is 0 Å². The van der Waals surface area contributed by atoms with Gasteiger partial charge in [0.15, 0.2) is 0 Å². The number of ether oxygens (including phenoxy) is 1. The average molecular weight is 203 g/mol. The molecule has 14 heavy (non-hydrogen) atoms. The lowest BCUT2D eigenvalue weighted by Crippen LogP contribution is -2.50. The normalized spacial score (nSPS) is 24.1. The van der Waals surface area contributed by atoms with Crippen molar-refractivity contribution < 1.29 is 14.6 Å². The number of nitrogens with two attached hydrogens (primary N) is 1. The molecule has 0 saturated carbocycles. The lowest BCUT2D eigenvalue weighted by atomic mass is 10.3. The predicted molar refractivity (Wildman–Crippen MR) is 50.6 cm³/mol. The molecule has 82 valence electrons. The number of carboxylic acid groups (broad SMARTS) is 1. The molecule has 0 aromatic rings. The Hall–Kier alpha value is -0.690. The number of hydrogen-bond acceptors (Lipinski definition) is 5. The number of morpholine rings is 1. The minimum absolute atomic E-state index is 0.0121. The number of likely N-dealkylation sites (N-methyl/N-ethyl adjacent to an activating group) is 1. The van der Waals surface area contributed by atoms with Crippen LogP contribution in [0.2, 0.25) is 0 Å². The van der Waals surface area contributed by atoms with Crippen LogP contribution in [-0.2, 0) is 9.53 Å². The summed E-state index contributed by atoms with van der Waals surface area (Å²) in [5.74, 6) is 4.79. The Morgan fingerprint density at radius 2 is 2.50 bits per heavy atom. The summed E-state index contributed by atoms with van der Waals surface area (Å²) in [6.07, 6.45) is 0.0121. The zero-order valence-electron chi connectivity index (χ0n) is 8.35. The highest BCUT2D eigenvalue weighted by atomic mass is 16.5. The van der Waals surface area contributed by atoms with Gasteiger partial charge < -0.3 is 9.84 Å². The summed E-state index contributed by atoms with van der Waals surface area (Å²) in [5, 5.41) is 10.2. The maximum Gasteiger partial charge on any atom is 0.317 e. The van der Waals surface area contributed by atoms with E-state index in [4.69, 9.17) is 15.7 Å². The van der Waals surface area contributed by atoms with Gasteiger partial charge in [-0.05, 0) is 7.05 Å². The Labute approximate surface area is 83.2 Å². The Balaban J connectivity index is 2.25. The molecule has 0 aromatic heterocycles. The van der Waals surface area contributed by atoms with Gasteiger partial charge >= 0.3 is 5.97 Å². The van der Waals surface area contributed by atoms with Crippen molar-refractivity contribution in [2.45, 2.75) is 6.10 Å². The lowest BCUT2D eigenvalue weighted by molar-refractivity contribution is -0.138. The second-order valence-corrected chi connectivity index (χ2v) is 3.58. The van der Waals surface area contributed by atoms with Crippen LogP contribution in [0.15, 0.2) is 0 Å². The predicted octanol–water partition coefficient (Wildman–Crippen LogP) is -1.42. The van der Waals surface area contributed by atoms with E-state index in [0.717, 1.165) is 6.54 Å². The quantitative estimate of drug-likeness (QED) is 0.546. The van der Waals surface area contributed by atoms with E-state index in [0.29, 0.717) is 19.7 Å². The highest BCUT2D eigenvalue weighted by Crippen LogP contribution is 2.02. The van der Waals surface area contributed by atoms with Crippen LogP contribution in [0.25, 0.3) is 0 Å². The van der Waals surface area contributed by atoms with E-state index in [9.17, 15) is 4.79 Å². The van der Waals surface area contributed by atoms with Gasteiger partial charge in [0.25, 0.3) is 0 Å². The molecule has 1 saturated heterocycles. The first-order chi connectivity index (χ1) is 6.58. The van der Waals surface area contributed by atoms with E-state index < -0.39 is 5.97 Å². The van der Waals surface area contributed by atoms with Gasteiger partial charge in [-0.25, -0.2) is 5.01 Å². The maximum atomic E-state index is 10.4. The lowest BCUT2D eigenvalue weighted by Gasteiger charge is -2.31. The molecule has 1 aliphatic rings. The van der Waals surface area contributed by atoms with Crippen molar-refractivity contribution in [1.82, 2.24) is 9.91 Å². The van der Waals surface area contributed by atoms with Gasteiger partial charge in [-0.3, -0.25) is 15.5 Å². The summed E-state index contributed by atoms with van der Waals surface area (Å²) in [6, 6.07) is 0. The molecular weight excluding hydrogens is 186 g/mol. The Bertz CT molecular complexity index is 200. The Morgan fingerprint density at radius 3 is 3.07 bits per heavy atom. The molecule has 0 bridgehead atoms. The zero-order chi connectivity index (χ0) is 10.6. The minimum atomic E-state index is -0.826. The van der Waals surface area contributed by atoms with Crippen molar-refractivity contribution in [2.24, 2.45) is 5.84 Å². The molecule has 3 N–H and O–H groups in total. The molecular formula is C8H17N3O3. The molecule has 0 radical (unpaired) electrons. The Kier molecular flexibility index (Phi) is 4.27. The van der Waals surface area contributed by atoms with Gasteiger partial charge in [0, 0.05) is 19.6 Å². The number of carboxylic acids is 1. The van der Waals surface area contributed by atoms with Gasteiger partial charge in [-0.15, -0.1) is 0 Å². The molecule has 6 nitrogen and oxygen atoms in total. The van der Waals surface area contributed by atoms with E-state index >= 15 is 0 Å². The van der Waals surface area contributed by atoms with E-state index in [1.807, 2.05) is 0 Å². The van der Waals surface area contributed by atoms with Crippen molar-refractivity contribution in [2.75, 3.05) is 39.8 Å². The molecule has 1 aliphatic heterocycles. The second-order valence-electron chi connectivity index (χ2n) is 3.58. The number of aliphatic carboxylic acids is 1. The fourth-order valence-corrected chi connectivity index (χ4v) is 1.50. The van der Waals surface area contributed by atoms with E-state index in [1.54, 1.807) is 17.0 Å². The summed E-state index contributed by atoms with van der Waals surface area (Å²) in [4.78, 5) is 12.1. The van der Waals surface area contributed by atoms with E-state index in [2.05, 4.69) is 0 Å². The largest absolute Gasteiger partial charge is 0.480 e. The number of hydrazine groups is 1. The van der Waals surface area contributed by atoms with Gasteiger partial charge in [-0.2, -0.15) is 0 Å². The summed E-state index contributed by atoms with van der Waals surface area (Å²) >= 11 is 0. The summed E-state index contributed by atoms with van der Waals surface area (Å²) < 4.78 is 5.44. The molecule has 6 heteroatoms. The molecule has 1 unspecified atom stereocenters. The maximum absolute atomic E-state index is 10.4. The van der Waals surface area contributed by atoms with Crippen molar-refractivity contribution in [3.63, 3.8) is 0 Å². The molecule has 0 amide bonds. The number of carbonyl (C=O) groups is 1. The number of hydrogen-bond donors (Lipinski definition) is 2. The molecule has 0 spiro atoms. The van der Waals surface area contributed by atoms with Crippen molar-refractivity contribution in [3.05, 3.63) is 0 Å². The van der Waals surface area contributed by atoms with Crippen LogP contribution < -0.4 is 5.84 Å². The monoisotopic (exact) mass is 203 g/mol. The van der Waals surface area contributed by atoms with Crippen LogP contribution >= 0.6 is 0 Å². The van der Waals surface area contributed by atoms with E-state index in [-0.39, 0.29) is 12.6 Å². The third-order valence-electron chi connectivity index (χ3n) is 2.09. The van der Waals surface area contributed by atoms with Crippen LogP contribution in [0.1, 0.15) is 0 Å². The summed E-state index contributed by atoms with van der Waals surface area (Å²) in [7, 11) is 1.76. The van der Waals surface area contributed by atoms with Crippen molar-refractivity contribution in [3.8, 4) is 0 Å². The first kappa shape index (κ1) is 11.4. The second kappa shape index (κ2) is 5.26. The zero-order valence-corrected chi connectivity index (χ0v) is 8.35. The highest BCUT2D eigenvalue weighted by molar-refractivity contribution is 5.68. The highest BCUT2D eigenvalue weighted by Gasteiger charge is 2.20. The molecule has 1 rings (SSSR count). The van der Waals surface area contributed by atoms with Gasteiger partial charge in [0.05, 0.1) is 19.3 Å². The van der Waals surface area contributed by atoms with E-state index in [1.165, 1.54) is 0 Å². The molecule has 1 atom stereocenters. The number of rotatable bonds is 4. The van der Waals surface area contributed by atoms with Crippen LogP contribution in [0.3, 0.4) is 0 Å². The minimum Gasteiger partial charge on any atom is -0.480 e. The van der Waals surface area contributed by atoms with Gasteiger partial charge in [-0.1, -0.05) is 0 Å². The third kappa shape index (κ3) is 4.01. The van der Waals surface area contributed by atoms with Crippen molar-refractivity contribution >= 4 is 5.97 Å². The summed E-state index contributed by atoms with van der Waals surface area (Å²) in [5.41, 5.74) is 0. The molecule has 0 aliphatic carbocycles. The smallest absolute Gasteiger partial charge is 0.317 e. The fourth-order valence-electron chi connectivity index (χ4n) is 1.50. The molecule has 1 fully saturated rings. The molecule has 0 aromatic carbocycles. The molecule has 1 heterocycles. The Morgan fingerprint density at radius 1 is 1.79 bits per heavy atom. The first-order valence-corrected chi connectivity index (χ1v) is 4.59. The van der Waals surface area contributed by atoms with Crippen LogP contribution in [0.4, 0.5) is 0 Å². The fraction of sp³-hybridized carbons (Fsp3) is 0.875. The van der Waals surface area contributed by atoms with Crippen LogP contribution in [-0.4, -0.2) is 66.9 Å². The van der Waals surface area contributed by atoms with Gasteiger partial charge in [0.2, 0.25) is 0 Å². The average Bonchev–Trinajstić information content (AvgIpc) is 2.01. The standard InChI is InChI=1S/C8H17N3O3/c1-10(6-8(12)13)4-7-5-11(9)2-3-14-7/h7H,2-6,9H2,1H3,(H,12,13). The SMILES string of the molecule is CN(CC(=O)O)CC1CN(N)CCO1. The third-order valence-corrected chi connectivity index (χ3v) is 2.09.